The monoisotopic (exact) mass is 318 g/mol. The Morgan fingerprint density at radius 1 is 1.00 bits per heavy atom. The summed E-state index contributed by atoms with van der Waals surface area (Å²) in [6.45, 7) is 0.512. The maximum Gasteiger partial charge on any atom is 0.260 e. The van der Waals surface area contributed by atoms with Gasteiger partial charge in [-0.1, -0.05) is 72.4 Å². The second-order valence-electron chi connectivity index (χ2n) is 4.36. The van der Waals surface area contributed by atoms with Gasteiger partial charge in [-0.3, -0.25) is 4.79 Å². The largest absolute Gasteiger partial charge is 0.330 e. The van der Waals surface area contributed by atoms with E-state index >= 15 is 0 Å². The van der Waals surface area contributed by atoms with E-state index in [-0.39, 0.29) is 10.5 Å². The molecule has 0 aliphatic carbocycles. The summed E-state index contributed by atoms with van der Waals surface area (Å²) in [6.07, 6.45) is 0. The van der Waals surface area contributed by atoms with Crippen LogP contribution < -0.4 is 10.5 Å². The van der Waals surface area contributed by atoms with Gasteiger partial charge in [0.05, 0.1) is 6.04 Å². The Morgan fingerprint density at radius 3 is 2.00 bits per heavy atom. The first-order valence-corrected chi connectivity index (χ1v) is 8.50. The van der Waals surface area contributed by atoms with E-state index in [4.69, 9.17) is 5.73 Å². The molecule has 3 nitrogen and oxygen atoms in total. The van der Waals surface area contributed by atoms with Crippen LogP contribution in [0.3, 0.4) is 0 Å². The van der Waals surface area contributed by atoms with Gasteiger partial charge in [-0.05, 0) is 11.1 Å². The molecule has 0 fully saturated rings. The van der Waals surface area contributed by atoms with Crippen LogP contribution in [0.5, 0.6) is 0 Å². The fourth-order valence-electron chi connectivity index (χ4n) is 1.90. The highest BCUT2D eigenvalue weighted by Gasteiger charge is 2.15. The number of carbonyl (C=O) groups is 1. The maximum atomic E-state index is 11.8. The first-order valence-electron chi connectivity index (χ1n) is 6.70. The first kappa shape index (κ1) is 16.1. The molecule has 2 rings (SSSR count). The molecule has 0 heterocycles. The van der Waals surface area contributed by atoms with Crippen molar-refractivity contribution in [2.75, 3.05) is 12.3 Å². The Kier molecular flexibility index (Phi) is 6.82. The topological polar surface area (TPSA) is 55.1 Å². The third-order valence-electron chi connectivity index (χ3n) is 2.86. The summed E-state index contributed by atoms with van der Waals surface area (Å²) in [5.74, 6) is 0.648. The van der Waals surface area contributed by atoms with Crippen molar-refractivity contribution in [3.05, 3.63) is 71.8 Å². The molecule has 3 N–H and O–H groups in total. The molecule has 5 heteroatoms. The summed E-state index contributed by atoms with van der Waals surface area (Å²) in [7, 11) is 0. The van der Waals surface area contributed by atoms with E-state index in [0.717, 1.165) is 23.1 Å². The number of carbonyl (C=O) groups excluding carboxylic acids is 1. The molecule has 0 saturated carbocycles. The van der Waals surface area contributed by atoms with Crippen molar-refractivity contribution in [3.8, 4) is 0 Å². The lowest BCUT2D eigenvalue weighted by molar-refractivity contribution is 0.276. The van der Waals surface area contributed by atoms with Crippen LogP contribution in [-0.4, -0.2) is 16.7 Å². The highest BCUT2D eigenvalue weighted by Crippen LogP contribution is 2.25. The zero-order valence-electron chi connectivity index (χ0n) is 11.6. The smallest absolute Gasteiger partial charge is 0.260 e. The summed E-state index contributed by atoms with van der Waals surface area (Å²) in [5, 5.41) is 0. The van der Waals surface area contributed by atoms with Gasteiger partial charge in [0.15, 0.2) is 0 Å². The number of hydrogen-bond donors (Lipinski definition) is 2. The number of benzene rings is 2. The van der Waals surface area contributed by atoms with E-state index in [1.807, 2.05) is 36.4 Å². The van der Waals surface area contributed by atoms with Crippen LogP contribution in [0.1, 0.15) is 17.2 Å². The number of nitrogens with one attached hydrogen (secondary N) is 1. The van der Waals surface area contributed by atoms with Crippen molar-refractivity contribution in [2.24, 2.45) is 5.73 Å². The third-order valence-corrected chi connectivity index (χ3v) is 4.66. The molecule has 0 amide bonds. The van der Waals surface area contributed by atoms with Gasteiger partial charge in [-0.15, -0.1) is 0 Å². The fraction of sp³-hybridized carbons (Fsp3) is 0.188. The Hall–Kier alpha value is -1.27. The minimum Gasteiger partial charge on any atom is -0.330 e. The molecule has 0 bridgehead atoms. The molecule has 2 aromatic rings. The van der Waals surface area contributed by atoms with Crippen molar-refractivity contribution < 1.29 is 4.79 Å². The van der Waals surface area contributed by atoms with Crippen molar-refractivity contribution >= 4 is 28.2 Å². The van der Waals surface area contributed by atoms with Crippen LogP contribution in [0.25, 0.3) is 0 Å². The van der Waals surface area contributed by atoms with E-state index in [9.17, 15) is 4.79 Å². The lowest BCUT2D eigenvalue weighted by atomic mass is 10.00. The van der Waals surface area contributed by atoms with Crippen molar-refractivity contribution in [3.63, 3.8) is 0 Å². The minimum atomic E-state index is -0.0140. The molecule has 2 aromatic carbocycles. The van der Waals surface area contributed by atoms with Crippen LogP contribution in [0, 0.1) is 0 Å². The van der Waals surface area contributed by atoms with E-state index in [2.05, 4.69) is 29.0 Å². The van der Waals surface area contributed by atoms with E-state index < -0.39 is 0 Å². The van der Waals surface area contributed by atoms with Gasteiger partial charge in [-0.25, -0.2) is 4.72 Å². The quantitative estimate of drug-likeness (QED) is 0.793. The van der Waals surface area contributed by atoms with Crippen LogP contribution in [-0.2, 0) is 0 Å². The van der Waals surface area contributed by atoms with Crippen molar-refractivity contribution in [1.82, 2.24) is 4.72 Å². The number of nitrogens with two attached hydrogens (primary N) is 1. The second-order valence-corrected chi connectivity index (χ2v) is 6.50. The summed E-state index contributed by atoms with van der Waals surface area (Å²) in [4.78, 5) is 11.8. The standard InChI is InChI=1S/C16H18N2OS2/c17-11-12-20-16(19)21-18-15(13-7-3-1-4-8-13)14-9-5-2-6-10-14/h1-10,15,18H,11-12,17H2. The SMILES string of the molecule is NCCSC(=O)SNC(c1ccccc1)c1ccccc1. The van der Waals surface area contributed by atoms with Crippen LogP contribution in [0.4, 0.5) is 4.79 Å². The van der Waals surface area contributed by atoms with Crippen molar-refractivity contribution in [1.29, 1.82) is 0 Å². The Morgan fingerprint density at radius 2 is 1.52 bits per heavy atom. The lowest BCUT2D eigenvalue weighted by Crippen LogP contribution is -2.17. The van der Waals surface area contributed by atoms with Gasteiger partial charge in [-0.2, -0.15) is 0 Å². The van der Waals surface area contributed by atoms with Gasteiger partial charge in [0, 0.05) is 24.2 Å². The van der Waals surface area contributed by atoms with Gasteiger partial charge in [0.1, 0.15) is 0 Å². The van der Waals surface area contributed by atoms with Crippen LogP contribution >= 0.6 is 23.7 Å². The van der Waals surface area contributed by atoms with E-state index in [1.165, 1.54) is 11.8 Å². The molecule has 0 aliphatic heterocycles. The molecule has 0 aromatic heterocycles. The summed E-state index contributed by atoms with van der Waals surface area (Å²) >= 11 is 2.38. The van der Waals surface area contributed by atoms with E-state index in [0.29, 0.717) is 12.3 Å². The number of thioether (sulfide) groups is 1. The summed E-state index contributed by atoms with van der Waals surface area (Å²) in [6, 6.07) is 20.2. The zero-order valence-corrected chi connectivity index (χ0v) is 13.2. The molecule has 21 heavy (non-hydrogen) atoms. The Labute approximate surface area is 133 Å². The third kappa shape index (κ3) is 5.21. The number of rotatable bonds is 6. The predicted molar refractivity (Wildman–Crippen MR) is 92.4 cm³/mol. The molecular weight excluding hydrogens is 300 g/mol. The molecule has 0 radical (unpaired) electrons. The van der Waals surface area contributed by atoms with E-state index in [1.54, 1.807) is 0 Å². The Balaban J connectivity index is 2.09. The average Bonchev–Trinajstić information content (AvgIpc) is 2.55. The molecular formula is C16H18N2OS2. The summed E-state index contributed by atoms with van der Waals surface area (Å²) < 4.78 is 3.31. The lowest BCUT2D eigenvalue weighted by Gasteiger charge is -2.18. The average molecular weight is 318 g/mol. The van der Waals surface area contributed by atoms with Crippen LogP contribution in [0.15, 0.2) is 60.7 Å². The fourth-order valence-corrected chi connectivity index (χ4v) is 3.30. The maximum absolute atomic E-state index is 11.8. The predicted octanol–water partition coefficient (Wildman–Crippen LogP) is 3.83. The van der Waals surface area contributed by atoms with Gasteiger partial charge >= 0.3 is 0 Å². The Bertz CT molecular complexity index is 509. The molecule has 0 aliphatic rings. The second kappa shape index (κ2) is 8.89. The zero-order chi connectivity index (χ0) is 14.9. The molecule has 110 valence electrons. The number of hydrogen-bond acceptors (Lipinski definition) is 5. The minimum absolute atomic E-state index is 0.0140. The van der Waals surface area contributed by atoms with Crippen LogP contribution in [0.2, 0.25) is 0 Å². The molecule has 0 atom stereocenters. The molecule has 0 spiro atoms. The highest BCUT2D eigenvalue weighted by molar-refractivity contribution is 8.37. The first-order chi connectivity index (χ1) is 10.3. The van der Waals surface area contributed by atoms with Gasteiger partial charge < -0.3 is 5.73 Å². The van der Waals surface area contributed by atoms with Crippen molar-refractivity contribution in [2.45, 2.75) is 6.04 Å². The summed E-state index contributed by atoms with van der Waals surface area (Å²) in [5.41, 5.74) is 7.68. The normalized spacial score (nSPS) is 10.8. The van der Waals surface area contributed by atoms with Gasteiger partial charge in [0.2, 0.25) is 0 Å². The molecule has 0 saturated heterocycles. The van der Waals surface area contributed by atoms with Gasteiger partial charge in [0.25, 0.3) is 4.45 Å². The highest BCUT2D eigenvalue weighted by atomic mass is 32.2. The molecule has 0 unspecified atom stereocenters.